The molecule has 0 heteroatoms. The van der Waals surface area contributed by atoms with Crippen molar-refractivity contribution in [2.45, 2.75) is 33.1 Å². The summed E-state index contributed by atoms with van der Waals surface area (Å²) in [7, 11) is 0. The summed E-state index contributed by atoms with van der Waals surface area (Å²) in [5.74, 6) is 4.50. The summed E-state index contributed by atoms with van der Waals surface area (Å²) in [6.45, 7) is 4.92. The smallest absolute Gasteiger partial charge is 0.0230 e. The van der Waals surface area contributed by atoms with E-state index >= 15 is 0 Å². The lowest BCUT2D eigenvalue weighted by molar-refractivity contribution is -0.291. The predicted molar refractivity (Wildman–Crippen MR) is 41.6 cm³/mol. The van der Waals surface area contributed by atoms with Gasteiger partial charge in [0.15, 0.2) is 0 Å². The topological polar surface area (TPSA) is 0 Å². The first-order valence-corrected chi connectivity index (χ1v) is 4.76. The van der Waals surface area contributed by atoms with Gasteiger partial charge in [-0.3, -0.25) is 0 Å². The van der Waals surface area contributed by atoms with Gasteiger partial charge in [0.1, 0.15) is 0 Å². The zero-order valence-electron chi connectivity index (χ0n) is 6.93. The Labute approximate surface area is 63.0 Å². The van der Waals surface area contributed by atoms with Gasteiger partial charge in [-0.15, -0.1) is 0 Å². The minimum absolute atomic E-state index is 0.943. The van der Waals surface area contributed by atoms with E-state index in [0.717, 1.165) is 23.2 Å². The van der Waals surface area contributed by atoms with Gasteiger partial charge in [0.05, 0.1) is 0 Å². The van der Waals surface area contributed by atoms with Gasteiger partial charge in [0.25, 0.3) is 0 Å². The molecule has 0 aromatic heterocycles. The maximum atomic E-state index is 2.47. The fourth-order valence-electron chi connectivity index (χ4n) is 4.58. The summed E-state index contributed by atoms with van der Waals surface area (Å²) in [6.07, 6.45) is 4.72. The van der Waals surface area contributed by atoms with Gasteiger partial charge in [-0.05, 0) is 48.3 Å². The predicted octanol–water partition coefficient (Wildman–Crippen LogP) is 2.69. The van der Waals surface area contributed by atoms with Crippen LogP contribution >= 0.6 is 0 Å². The standard InChI is InChI=1S/C10H16/c1-6-5-10-4-3-8(10)7(2)9(6)10/h6-9H,3-5H2,1-2H3/t6-,7+,8?,9?,10?/m1/s1. The van der Waals surface area contributed by atoms with Crippen molar-refractivity contribution in [2.75, 3.05) is 0 Å². The zero-order valence-corrected chi connectivity index (χ0v) is 6.93. The Morgan fingerprint density at radius 1 is 1.30 bits per heavy atom. The van der Waals surface area contributed by atoms with Gasteiger partial charge in [-0.1, -0.05) is 13.8 Å². The van der Waals surface area contributed by atoms with Crippen LogP contribution in [0.1, 0.15) is 33.1 Å². The van der Waals surface area contributed by atoms with Gasteiger partial charge >= 0.3 is 0 Å². The van der Waals surface area contributed by atoms with Crippen LogP contribution in [0, 0.1) is 29.1 Å². The largest absolute Gasteiger partial charge is 0.0622 e. The molecule has 0 saturated heterocycles. The van der Waals surface area contributed by atoms with Gasteiger partial charge in [0, 0.05) is 0 Å². The van der Waals surface area contributed by atoms with Crippen molar-refractivity contribution in [3.8, 4) is 0 Å². The molecule has 3 rings (SSSR count). The Morgan fingerprint density at radius 2 is 2.10 bits per heavy atom. The van der Waals surface area contributed by atoms with Gasteiger partial charge < -0.3 is 0 Å². The Hall–Kier alpha value is 0. The van der Waals surface area contributed by atoms with Crippen LogP contribution in [-0.2, 0) is 0 Å². The molecule has 1 spiro atoms. The quantitative estimate of drug-likeness (QED) is 0.480. The highest BCUT2D eigenvalue weighted by molar-refractivity contribution is 5.20. The van der Waals surface area contributed by atoms with Crippen LogP contribution < -0.4 is 0 Å². The average Bonchev–Trinajstić information content (AvgIpc) is 1.78. The molecule has 3 fully saturated rings. The van der Waals surface area contributed by atoms with E-state index < -0.39 is 0 Å². The lowest BCUT2D eigenvalue weighted by atomic mass is 9.27. The van der Waals surface area contributed by atoms with E-state index in [9.17, 15) is 0 Å². The number of rotatable bonds is 0. The van der Waals surface area contributed by atoms with E-state index in [2.05, 4.69) is 13.8 Å². The average molecular weight is 136 g/mol. The summed E-state index contributed by atoms with van der Waals surface area (Å²) in [5, 5.41) is 0. The minimum atomic E-state index is 0.943. The minimum Gasteiger partial charge on any atom is -0.0622 e. The normalized spacial score (nSPS) is 70.2. The first-order valence-electron chi connectivity index (χ1n) is 4.76. The zero-order chi connectivity index (χ0) is 6.93. The second-order valence-corrected chi connectivity index (χ2v) is 4.94. The van der Waals surface area contributed by atoms with E-state index in [1.807, 2.05) is 0 Å². The molecule has 0 N–H and O–H groups in total. The van der Waals surface area contributed by atoms with E-state index in [1.165, 1.54) is 5.92 Å². The molecule has 56 valence electrons. The van der Waals surface area contributed by atoms with E-state index in [-0.39, 0.29) is 0 Å². The van der Waals surface area contributed by atoms with Crippen molar-refractivity contribution in [3.63, 3.8) is 0 Å². The molecule has 0 radical (unpaired) electrons. The third-order valence-corrected chi connectivity index (χ3v) is 4.84. The van der Waals surface area contributed by atoms with Crippen molar-refractivity contribution < 1.29 is 0 Å². The van der Waals surface area contributed by atoms with Crippen LogP contribution in [0.25, 0.3) is 0 Å². The molecule has 3 aliphatic rings. The fourth-order valence-corrected chi connectivity index (χ4v) is 4.58. The third kappa shape index (κ3) is 0.320. The summed E-state index contributed by atoms with van der Waals surface area (Å²) >= 11 is 0. The molecule has 0 amide bonds. The van der Waals surface area contributed by atoms with E-state index in [4.69, 9.17) is 0 Å². The van der Waals surface area contributed by atoms with Crippen LogP contribution in [0.5, 0.6) is 0 Å². The van der Waals surface area contributed by atoms with Crippen LogP contribution in [0.2, 0.25) is 0 Å². The van der Waals surface area contributed by atoms with E-state index in [1.54, 1.807) is 19.3 Å². The van der Waals surface area contributed by atoms with Gasteiger partial charge in [0.2, 0.25) is 0 Å². The summed E-state index contributed by atoms with van der Waals surface area (Å²) < 4.78 is 0. The molecule has 5 atom stereocenters. The first-order chi connectivity index (χ1) is 4.76. The molecular weight excluding hydrogens is 120 g/mol. The summed E-state index contributed by atoms with van der Waals surface area (Å²) in [4.78, 5) is 0. The Balaban J connectivity index is 1.89. The van der Waals surface area contributed by atoms with Crippen molar-refractivity contribution in [3.05, 3.63) is 0 Å². The Morgan fingerprint density at radius 3 is 2.40 bits per heavy atom. The van der Waals surface area contributed by atoms with Crippen LogP contribution in [-0.4, -0.2) is 0 Å². The molecule has 0 heterocycles. The highest BCUT2D eigenvalue weighted by Crippen LogP contribution is 2.78. The van der Waals surface area contributed by atoms with Crippen LogP contribution in [0.15, 0.2) is 0 Å². The molecule has 0 nitrogen and oxygen atoms in total. The fraction of sp³-hybridized carbons (Fsp3) is 1.00. The molecule has 0 aliphatic heterocycles. The van der Waals surface area contributed by atoms with Crippen LogP contribution in [0.4, 0.5) is 0 Å². The lowest BCUT2D eigenvalue weighted by Gasteiger charge is -2.78. The number of hydrogen-bond acceptors (Lipinski definition) is 0. The van der Waals surface area contributed by atoms with E-state index in [0.29, 0.717) is 0 Å². The monoisotopic (exact) mass is 136 g/mol. The molecule has 3 saturated carbocycles. The molecule has 3 unspecified atom stereocenters. The maximum absolute atomic E-state index is 2.47. The van der Waals surface area contributed by atoms with Crippen molar-refractivity contribution in [2.24, 2.45) is 29.1 Å². The second-order valence-electron chi connectivity index (χ2n) is 4.94. The van der Waals surface area contributed by atoms with Gasteiger partial charge in [-0.2, -0.15) is 0 Å². The molecule has 0 bridgehead atoms. The molecular formula is C10H16. The highest BCUT2D eigenvalue weighted by atomic mass is 14.8. The van der Waals surface area contributed by atoms with Crippen LogP contribution in [0.3, 0.4) is 0 Å². The molecule has 0 aromatic rings. The SMILES string of the molecule is C[C@H]1C2CCC23C[C@@H](C)C13. The Kier molecular flexibility index (Phi) is 0.735. The summed E-state index contributed by atoms with van der Waals surface area (Å²) in [6, 6.07) is 0. The van der Waals surface area contributed by atoms with Crippen molar-refractivity contribution >= 4 is 0 Å². The Bertz CT molecular complexity index is 184. The highest BCUT2D eigenvalue weighted by Gasteiger charge is 2.71. The van der Waals surface area contributed by atoms with Crippen molar-refractivity contribution in [1.82, 2.24) is 0 Å². The van der Waals surface area contributed by atoms with Crippen molar-refractivity contribution in [1.29, 1.82) is 0 Å². The lowest BCUT2D eigenvalue weighted by Crippen LogP contribution is -2.71. The molecule has 10 heavy (non-hydrogen) atoms. The number of hydrogen-bond donors (Lipinski definition) is 0. The third-order valence-electron chi connectivity index (χ3n) is 4.84. The summed E-state index contributed by atoms with van der Waals surface area (Å²) in [5.41, 5.74) is 0.943. The first kappa shape index (κ1) is 5.62. The van der Waals surface area contributed by atoms with Gasteiger partial charge in [-0.25, -0.2) is 0 Å². The molecule has 0 aromatic carbocycles. The second kappa shape index (κ2) is 1.31. The maximum Gasteiger partial charge on any atom is -0.0230 e. The molecule has 3 aliphatic carbocycles.